The lowest BCUT2D eigenvalue weighted by atomic mass is 10.0. The summed E-state index contributed by atoms with van der Waals surface area (Å²) in [7, 11) is 0. The van der Waals surface area contributed by atoms with Gasteiger partial charge in [-0.25, -0.2) is 4.68 Å². The number of carbonyl (C=O) groups is 1. The second kappa shape index (κ2) is 6.78. The van der Waals surface area contributed by atoms with E-state index in [4.69, 9.17) is 4.42 Å². The third kappa shape index (κ3) is 3.69. The molecule has 0 radical (unpaired) electrons. The van der Waals surface area contributed by atoms with Crippen LogP contribution in [0.25, 0.3) is 5.69 Å². The predicted molar refractivity (Wildman–Crippen MR) is 99.4 cm³/mol. The molecule has 3 aromatic rings. The summed E-state index contributed by atoms with van der Waals surface area (Å²) in [5, 5.41) is 11.4. The van der Waals surface area contributed by atoms with Crippen LogP contribution in [0.1, 0.15) is 61.0 Å². The molecular formula is C20H24N4O2. The van der Waals surface area contributed by atoms with Gasteiger partial charge in [-0.2, -0.15) is 0 Å². The van der Waals surface area contributed by atoms with Crippen LogP contribution in [0.3, 0.4) is 0 Å². The Balaban J connectivity index is 1.78. The maximum Gasteiger partial charge on any atom is 0.287 e. The Hall–Kier alpha value is -2.89. The van der Waals surface area contributed by atoms with Gasteiger partial charge in [0.25, 0.3) is 5.91 Å². The van der Waals surface area contributed by atoms with Gasteiger partial charge in [-0.05, 0) is 56.0 Å². The SMILES string of the molecule is Cc1coc(C(=O)NC(C)(C)c2cn(-c3ccc(C(C)C)cc3)nn2)c1. The van der Waals surface area contributed by atoms with Crippen molar-refractivity contribution >= 4 is 5.91 Å². The van der Waals surface area contributed by atoms with Crippen LogP contribution in [0.5, 0.6) is 0 Å². The van der Waals surface area contributed by atoms with E-state index in [2.05, 4.69) is 41.6 Å². The number of rotatable bonds is 5. The van der Waals surface area contributed by atoms with Gasteiger partial charge in [-0.15, -0.1) is 5.10 Å². The van der Waals surface area contributed by atoms with Gasteiger partial charge < -0.3 is 9.73 Å². The minimum atomic E-state index is -0.687. The fraction of sp³-hybridized carbons (Fsp3) is 0.350. The maximum atomic E-state index is 12.4. The van der Waals surface area contributed by atoms with Crippen LogP contribution in [-0.4, -0.2) is 20.9 Å². The van der Waals surface area contributed by atoms with Crippen molar-refractivity contribution in [1.82, 2.24) is 20.3 Å². The summed E-state index contributed by atoms with van der Waals surface area (Å²) in [6.45, 7) is 9.97. The quantitative estimate of drug-likeness (QED) is 0.754. The first-order chi connectivity index (χ1) is 12.3. The van der Waals surface area contributed by atoms with Gasteiger partial charge in [-0.3, -0.25) is 4.79 Å². The van der Waals surface area contributed by atoms with Gasteiger partial charge in [0.05, 0.1) is 23.7 Å². The van der Waals surface area contributed by atoms with Crippen molar-refractivity contribution in [3.05, 3.63) is 65.4 Å². The Morgan fingerprint density at radius 3 is 2.50 bits per heavy atom. The van der Waals surface area contributed by atoms with E-state index in [1.54, 1.807) is 17.0 Å². The average molecular weight is 352 g/mol. The average Bonchev–Trinajstić information content (AvgIpc) is 3.24. The first kappa shape index (κ1) is 17.9. The number of benzene rings is 1. The molecule has 6 heteroatoms. The van der Waals surface area contributed by atoms with Crippen molar-refractivity contribution in [3.63, 3.8) is 0 Å². The van der Waals surface area contributed by atoms with Gasteiger partial charge in [-0.1, -0.05) is 31.2 Å². The standard InChI is InChI=1S/C20H24N4O2/c1-13(2)15-6-8-16(9-7-15)24-11-18(22-23-24)20(4,5)21-19(25)17-10-14(3)12-26-17/h6-13H,1-5H3,(H,21,25). The lowest BCUT2D eigenvalue weighted by Gasteiger charge is -2.22. The molecule has 0 aliphatic heterocycles. The van der Waals surface area contributed by atoms with Gasteiger partial charge in [0.2, 0.25) is 0 Å². The molecule has 2 aromatic heterocycles. The number of furan rings is 1. The fourth-order valence-corrected chi connectivity index (χ4v) is 2.65. The summed E-state index contributed by atoms with van der Waals surface area (Å²) in [4.78, 5) is 12.4. The van der Waals surface area contributed by atoms with Crippen LogP contribution < -0.4 is 5.32 Å². The minimum absolute atomic E-state index is 0.279. The lowest BCUT2D eigenvalue weighted by Crippen LogP contribution is -2.41. The first-order valence-corrected chi connectivity index (χ1v) is 8.67. The number of hydrogen-bond donors (Lipinski definition) is 1. The molecule has 1 aromatic carbocycles. The molecule has 0 atom stereocenters. The number of nitrogens with zero attached hydrogens (tertiary/aromatic N) is 3. The number of aromatic nitrogens is 3. The minimum Gasteiger partial charge on any atom is -0.459 e. The van der Waals surface area contributed by atoms with Crippen molar-refractivity contribution in [2.75, 3.05) is 0 Å². The van der Waals surface area contributed by atoms with Crippen LogP contribution in [-0.2, 0) is 5.54 Å². The second-order valence-electron chi connectivity index (χ2n) is 7.36. The van der Waals surface area contributed by atoms with E-state index in [0.717, 1.165) is 11.3 Å². The molecule has 0 spiro atoms. The number of hydrogen-bond acceptors (Lipinski definition) is 4. The van der Waals surface area contributed by atoms with Crippen molar-refractivity contribution < 1.29 is 9.21 Å². The van der Waals surface area contributed by atoms with Crippen LogP contribution in [0.15, 0.2) is 47.2 Å². The Labute approximate surface area is 153 Å². The molecule has 0 saturated heterocycles. The van der Waals surface area contributed by atoms with E-state index in [0.29, 0.717) is 11.6 Å². The summed E-state index contributed by atoms with van der Waals surface area (Å²) in [6.07, 6.45) is 3.39. The molecule has 2 heterocycles. The highest BCUT2D eigenvalue weighted by atomic mass is 16.3. The zero-order valence-electron chi connectivity index (χ0n) is 15.8. The highest BCUT2D eigenvalue weighted by molar-refractivity contribution is 5.92. The summed E-state index contributed by atoms with van der Waals surface area (Å²) in [5.41, 5.74) is 3.09. The molecule has 0 saturated carbocycles. The predicted octanol–water partition coefficient (Wildman–Crippen LogP) is 3.96. The van der Waals surface area contributed by atoms with E-state index in [1.165, 1.54) is 5.56 Å². The smallest absolute Gasteiger partial charge is 0.287 e. The number of carbonyl (C=O) groups excluding carboxylic acids is 1. The van der Waals surface area contributed by atoms with Gasteiger partial charge >= 0.3 is 0 Å². The largest absolute Gasteiger partial charge is 0.459 e. The maximum absolute atomic E-state index is 12.4. The topological polar surface area (TPSA) is 73.0 Å². The van der Waals surface area contributed by atoms with Crippen LogP contribution >= 0.6 is 0 Å². The molecule has 3 rings (SSSR count). The Kier molecular flexibility index (Phi) is 4.68. The van der Waals surface area contributed by atoms with E-state index in [9.17, 15) is 4.79 Å². The number of amides is 1. The third-order valence-corrected chi connectivity index (χ3v) is 4.34. The highest BCUT2D eigenvalue weighted by Crippen LogP contribution is 2.21. The number of nitrogens with one attached hydrogen (secondary N) is 1. The lowest BCUT2D eigenvalue weighted by molar-refractivity contribution is 0.0881. The van der Waals surface area contributed by atoms with Crippen molar-refractivity contribution in [1.29, 1.82) is 0 Å². The van der Waals surface area contributed by atoms with Crippen molar-refractivity contribution in [2.45, 2.75) is 46.1 Å². The second-order valence-corrected chi connectivity index (χ2v) is 7.36. The molecule has 1 amide bonds. The van der Waals surface area contributed by atoms with Crippen molar-refractivity contribution in [2.24, 2.45) is 0 Å². The van der Waals surface area contributed by atoms with Gasteiger partial charge in [0.15, 0.2) is 5.76 Å². The molecule has 26 heavy (non-hydrogen) atoms. The summed E-state index contributed by atoms with van der Waals surface area (Å²) < 4.78 is 6.97. The summed E-state index contributed by atoms with van der Waals surface area (Å²) in [6, 6.07) is 9.93. The van der Waals surface area contributed by atoms with Crippen LogP contribution in [0.2, 0.25) is 0 Å². The molecule has 0 bridgehead atoms. The molecule has 0 fully saturated rings. The van der Waals surface area contributed by atoms with E-state index < -0.39 is 5.54 Å². The third-order valence-electron chi connectivity index (χ3n) is 4.34. The Morgan fingerprint density at radius 2 is 1.92 bits per heavy atom. The van der Waals surface area contributed by atoms with E-state index >= 15 is 0 Å². The monoisotopic (exact) mass is 352 g/mol. The molecule has 1 N–H and O–H groups in total. The van der Waals surface area contributed by atoms with Crippen molar-refractivity contribution in [3.8, 4) is 5.69 Å². The van der Waals surface area contributed by atoms with Gasteiger partial charge in [0.1, 0.15) is 5.69 Å². The molecular weight excluding hydrogens is 328 g/mol. The summed E-state index contributed by atoms with van der Waals surface area (Å²) >= 11 is 0. The fourth-order valence-electron chi connectivity index (χ4n) is 2.65. The van der Waals surface area contributed by atoms with E-state index in [-0.39, 0.29) is 11.7 Å². The molecule has 0 unspecified atom stereocenters. The molecule has 6 nitrogen and oxygen atoms in total. The highest BCUT2D eigenvalue weighted by Gasteiger charge is 2.28. The molecule has 136 valence electrons. The molecule has 0 aliphatic rings. The Morgan fingerprint density at radius 1 is 1.23 bits per heavy atom. The first-order valence-electron chi connectivity index (χ1n) is 8.67. The van der Waals surface area contributed by atoms with Gasteiger partial charge in [0, 0.05) is 0 Å². The summed E-state index contributed by atoms with van der Waals surface area (Å²) in [5.74, 6) is 0.487. The number of aryl methyl sites for hydroxylation is 1. The van der Waals surface area contributed by atoms with E-state index in [1.807, 2.05) is 39.1 Å². The molecule has 0 aliphatic carbocycles. The normalized spacial score (nSPS) is 11.8. The van der Waals surface area contributed by atoms with Crippen LogP contribution in [0.4, 0.5) is 0 Å². The van der Waals surface area contributed by atoms with Crippen LogP contribution in [0, 0.1) is 6.92 Å². The zero-order chi connectivity index (χ0) is 18.9. The Bertz CT molecular complexity index is 904. The zero-order valence-corrected chi connectivity index (χ0v) is 15.8.